The predicted molar refractivity (Wildman–Crippen MR) is 71.4 cm³/mol. The highest BCUT2D eigenvalue weighted by molar-refractivity contribution is 9.10. The van der Waals surface area contributed by atoms with Crippen molar-refractivity contribution in [2.24, 2.45) is 5.41 Å². The molecule has 1 saturated carbocycles. The van der Waals surface area contributed by atoms with Crippen molar-refractivity contribution in [2.45, 2.75) is 19.3 Å². The number of anilines is 1. The average Bonchev–Trinajstić information content (AvgIpc) is 2.29. The molecule has 1 aliphatic carbocycles. The van der Waals surface area contributed by atoms with Gasteiger partial charge in [-0.05, 0) is 47.0 Å². The van der Waals surface area contributed by atoms with E-state index in [0.29, 0.717) is 28.6 Å². The van der Waals surface area contributed by atoms with Crippen molar-refractivity contribution in [3.05, 3.63) is 28.2 Å². The first-order chi connectivity index (χ1) is 8.99. The number of hydrogen-bond acceptors (Lipinski definition) is 3. The molecule has 0 saturated heterocycles. The first-order valence-corrected chi connectivity index (χ1v) is 6.53. The maximum Gasteiger partial charge on any atom is 0.319 e. The van der Waals surface area contributed by atoms with Gasteiger partial charge in [-0.15, -0.1) is 0 Å². The number of benzene rings is 1. The third-order valence-electron chi connectivity index (χ3n) is 3.40. The second-order valence-electron chi connectivity index (χ2n) is 4.50. The SMILES string of the molecule is N#Cc1ccc(NC(=O)C2(C(=O)O)CCC2)c(Br)c1. The minimum absolute atomic E-state index is 0.363. The minimum Gasteiger partial charge on any atom is -0.480 e. The summed E-state index contributed by atoms with van der Waals surface area (Å²) in [6.07, 6.45) is 1.47. The van der Waals surface area contributed by atoms with Crippen LogP contribution in [0.4, 0.5) is 5.69 Å². The number of nitrogens with zero attached hydrogens (tertiary/aromatic N) is 1. The summed E-state index contributed by atoms with van der Waals surface area (Å²) in [6, 6.07) is 6.70. The average molecular weight is 323 g/mol. The summed E-state index contributed by atoms with van der Waals surface area (Å²) in [5, 5.41) is 20.5. The van der Waals surface area contributed by atoms with Gasteiger partial charge in [0.25, 0.3) is 0 Å². The highest BCUT2D eigenvalue weighted by Crippen LogP contribution is 2.42. The van der Waals surface area contributed by atoms with Gasteiger partial charge in [0.15, 0.2) is 0 Å². The van der Waals surface area contributed by atoms with Gasteiger partial charge in [-0.25, -0.2) is 0 Å². The summed E-state index contributed by atoms with van der Waals surface area (Å²) in [5.74, 6) is -1.59. The molecule has 0 radical (unpaired) electrons. The molecule has 1 amide bonds. The molecule has 0 heterocycles. The monoisotopic (exact) mass is 322 g/mol. The molecule has 1 fully saturated rings. The van der Waals surface area contributed by atoms with E-state index in [0.717, 1.165) is 6.42 Å². The maximum absolute atomic E-state index is 12.1. The van der Waals surface area contributed by atoms with Crippen LogP contribution in [0.3, 0.4) is 0 Å². The van der Waals surface area contributed by atoms with Crippen LogP contribution >= 0.6 is 15.9 Å². The number of rotatable bonds is 3. The zero-order valence-corrected chi connectivity index (χ0v) is 11.5. The van der Waals surface area contributed by atoms with E-state index >= 15 is 0 Å². The molecular weight excluding hydrogens is 312 g/mol. The van der Waals surface area contributed by atoms with Gasteiger partial charge in [0.1, 0.15) is 5.41 Å². The summed E-state index contributed by atoms with van der Waals surface area (Å²) in [6.45, 7) is 0. The molecule has 1 aromatic carbocycles. The van der Waals surface area contributed by atoms with E-state index < -0.39 is 17.3 Å². The van der Waals surface area contributed by atoms with Crippen molar-refractivity contribution in [1.29, 1.82) is 5.26 Å². The van der Waals surface area contributed by atoms with Crippen LogP contribution < -0.4 is 5.32 Å². The second-order valence-corrected chi connectivity index (χ2v) is 5.36. The Bertz CT molecular complexity index is 588. The molecule has 0 spiro atoms. The maximum atomic E-state index is 12.1. The standard InChI is InChI=1S/C13H11BrN2O3/c14-9-6-8(7-15)2-3-10(9)16-11(17)13(12(18)19)4-1-5-13/h2-3,6H,1,4-5H2,(H,16,17)(H,18,19). The Kier molecular flexibility index (Phi) is 3.58. The van der Waals surface area contributed by atoms with Gasteiger partial charge in [0.2, 0.25) is 5.91 Å². The number of carboxylic acids is 1. The van der Waals surface area contributed by atoms with E-state index in [-0.39, 0.29) is 0 Å². The number of nitriles is 1. The van der Waals surface area contributed by atoms with Crippen molar-refractivity contribution in [3.63, 3.8) is 0 Å². The Hall–Kier alpha value is -1.87. The van der Waals surface area contributed by atoms with Crippen molar-refractivity contribution in [3.8, 4) is 6.07 Å². The lowest BCUT2D eigenvalue weighted by molar-refractivity contribution is -0.159. The van der Waals surface area contributed by atoms with Crippen molar-refractivity contribution in [2.75, 3.05) is 5.32 Å². The first kappa shape index (κ1) is 13.6. The quantitative estimate of drug-likeness (QED) is 0.836. The fraction of sp³-hybridized carbons (Fsp3) is 0.308. The highest BCUT2D eigenvalue weighted by atomic mass is 79.9. The van der Waals surface area contributed by atoms with Crippen LogP contribution in [0.15, 0.2) is 22.7 Å². The van der Waals surface area contributed by atoms with E-state index in [1.54, 1.807) is 18.2 Å². The van der Waals surface area contributed by atoms with Gasteiger partial charge in [0, 0.05) is 4.47 Å². The normalized spacial score (nSPS) is 16.0. The summed E-state index contributed by atoms with van der Waals surface area (Å²) < 4.78 is 0.555. The Labute approximate surface area is 118 Å². The van der Waals surface area contributed by atoms with Gasteiger partial charge in [-0.1, -0.05) is 6.42 Å². The van der Waals surface area contributed by atoms with Crippen molar-refractivity contribution < 1.29 is 14.7 Å². The van der Waals surface area contributed by atoms with Crippen molar-refractivity contribution >= 4 is 33.5 Å². The van der Waals surface area contributed by atoms with E-state index in [4.69, 9.17) is 10.4 Å². The molecule has 2 N–H and O–H groups in total. The third-order valence-corrected chi connectivity index (χ3v) is 4.05. The molecule has 0 bridgehead atoms. The number of halogens is 1. The van der Waals surface area contributed by atoms with Gasteiger partial charge in [0.05, 0.1) is 17.3 Å². The topological polar surface area (TPSA) is 90.2 Å². The summed E-state index contributed by atoms with van der Waals surface area (Å²) in [4.78, 5) is 23.3. The lowest BCUT2D eigenvalue weighted by atomic mass is 9.68. The van der Waals surface area contributed by atoms with Crippen LogP contribution in [-0.4, -0.2) is 17.0 Å². The number of carboxylic acid groups (broad SMARTS) is 1. The Balaban J connectivity index is 2.20. The minimum atomic E-state index is -1.30. The molecule has 19 heavy (non-hydrogen) atoms. The van der Waals surface area contributed by atoms with Crippen LogP contribution in [-0.2, 0) is 9.59 Å². The predicted octanol–water partition coefficient (Wildman–Crippen LogP) is 2.51. The van der Waals surface area contributed by atoms with E-state index in [1.165, 1.54) is 0 Å². The van der Waals surface area contributed by atoms with Crippen LogP contribution in [0, 0.1) is 16.7 Å². The van der Waals surface area contributed by atoms with E-state index in [2.05, 4.69) is 21.2 Å². The molecule has 98 valence electrons. The molecule has 5 nitrogen and oxygen atoms in total. The zero-order valence-electron chi connectivity index (χ0n) is 9.94. The van der Waals surface area contributed by atoms with Crippen molar-refractivity contribution in [1.82, 2.24) is 0 Å². The van der Waals surface area contributed by atoms with Gasteiger partial charge < -0.3 is 10.4 Å². The lowest BCUT2D eigenvalue weighted by Crippen LogP contribution is -2.48. The number of carbonyl (C=O) groups is 2. The number of amides is 1. The number of aliphatic carboxylic acids is 1. The smallest absolute Gasteiger partial charge is 0.319 e. The summed E-state index contributed by atoms with van der Waals surface area (Å²) in [7, 11) is 0. The summed E-state index contributed by atoms with van der Waals surface area (Å²) >= 11 is 3.25. The van der Waals surface area contributed by atoms with Crippen LogP contribution in [0.25, 0.3) is 0 Å². The Morgan fingerprint density at radius 1 is 1.42 bits per heavy atom. The first-order valence-electron chi connectivity index (χ1n) is 5.74. The van der Waals surface area contributed by atoms with Crippen LogP contribution in [0.2, 0.25) is 0 Å². The molecular formula is C13H11BrN2O3. The molecule has 6 heteroatoms. The third kappa shape index (κ3) is 2.34. The van der Waals surface area contributed by atoms with Gasteiger partial charge in [-0.3, -0.25) is 9.59 Å². The van der Waals surface area contributed by atoms with Crippen LogP contribution in [0.1, 0.15) is 24.8 Å². The fourth-order valence-corrected chi connectivity index (χ4v) is 2.47. The number of nitrogens with one attached hydrogen (secondary N) is 1. The Morgan fingerprint density at radius 3 is 2.53 bits per heavy atom. The zero-order chi connectivity index (χ0) is 14.0. The molecule has 0 unspecified atom stereocenters. The lowest BCUT2D eigenvalue weighted by Gasteiger charge is -2.35. The van der Waals surface area contributed by atoms with E-state index in [1.807, 2.05) is 6.07 Å². The van der Waals surface area contributed by atoms with Gasteiger partial charge in [-0.2, -0.15) is 5.26 Å². The molecule has 0 atom stereocenters. The molecule has 0 aromatic heterocycles. The number of hydrogen-bond donors (Lipinski definition) is 2. The number of carbonyl (C=O) groups excluding carboxylic acids is 1. The molecule has 0 aliphatic heterocycles. The van der Waals surface area contributed by atoms with Gasteiger partial charge >= 0.3 is 5.97 Å². The highest BCUT2D eigenvalue weighted by Gasteiger charge is 2.51. The summed E-state index contributed by atoms with van der Waals surface area (Å²) in [5.41, 5.74) is -0.370. The molecule has 1 aliphatic rings. The van der Waals surface area contributed by atoms with E-state index in [9.17, 15) is 9.59 Å². The largest absolute Gasteiger partial charge is 0.480 e. The second kappa shape index (κ2) is 5.02. The van der Waals surface area contributed by atoms with Crippen LogP contribution in [0.5, 0.6) is 0 Å². The Morgan fingerprint density at radius 2 is 2.11 bits per heavy atom. The fourth-order valence-electron chi connectivity index (χ4n) is 2.00. The molecule has 2 rings (SSSR count). The molecule has 1 aromatic rings.